The monoisotopic (exact) mass is 168 g/mol. The molecular weight excluding hydrogens is 152 g/mol. The van der Waals surface area contributed by atoms with Crippen LogP contribution >= 0.6 is 0 Å². The molecule has 0 radical (unpaired) electrons. The van der Waals surface area contributed by atoms with Gasteiger partial charge in [0.25, 0.3) is 0 Å². The highest BCUT2D eigenvalue weighted by molar-refractivity contribution is 5.85. The average molecular weight is 168 g/mol. The van der Waals surface area contributed by atoms with Gasteiger partial charge in [-0.25, -0.2) is 0 Å². The first-order valence-electron chi connectivity index (χ1n) is 4.90. The average Bonchev–Trinajstić information content (AvgIpc) is 2.41. The van der Waals surface area contributed by atoms with Crippen LogP contribution in [-0.4, -0.2) is 17.0 Å². The Bertz CT molecular complexity index is 198. The van der Waals surface area contributed by atoms with Gasteiger partial charge < -0.3 is 5.11 Å². The Balaban J connectivity index is 2.13. The van der Waals surface area contributed by atoms with E-state index in [0.717, 1.165) is 25.2 Å². The van der Waals surface area contributed by atoms with E-state index in [0.29, 0.717) is 11.7 Å². The van der Waals surface area contributed by atoms with E-state index >= 15 is 0 Å². The molecule has 4 unspecified atom stereocenters. The second kappa shape index (κ2) is 2.84. The third kappa shape index (κ3) is 1.18. The maximum absolute atomic E-state index is 11.7. The largest absolute Gasteiger partial charge is 0.393 e. The molecule has 0 aromatic heterocycles. The standard InChI is InChI=1S/C10H16O2/c1-6(11)9-5-7-2-3-8(4-7)10(9)12/h6-9,11H,2-5H2,1H3. The van der Waals surface area contributed by atoms with Crippen LogP contribution in [0.4, 0.5) is 0 Å². The van der Waals surface area contributed by atoms with Gasteiger partial charge in [0, 0.05) is 11.8 Å². The van der Waals surface area contributed by atoms with Gasteiger partial charge >= 0.3 is 0 Å². The molecule has 2 aliphatic carbocycles. The van der Waals surface area contributed by atoms with Crippen LogP contribution in [0.15, 0.2) is 0 Å². The molecule has 0 heterocycles. The van der Waals surface area contributed by atoms with E-state index in [-0.39, 0.29) is 5.92 Å². The lowest BCUT2D eigenvalue weighted by Crippen LogP contribution is -2.34. The van der Waals surface area contributed by atoms with Crippen molar-refractivity contribution >= 4 is 5.78 Å². The third-order valence-corrected chi connectivity index (χ3v) is 3.48. The Hall–Kier alpha value is -0.370. The lowest BCUT2D eigenvalue weighted by molar-refractivity contribution is -0.132. The minimum Gasteiger partial charge on any atom is -0.393 e. The normalized spacial score (nSPS) is 43.2. The number of hydrogen-bond acceptors (Lipinski definition) is 2. The number of aliphatic hydroxyl groups excluding tert-OH is 1. The highest BCUT2D eigenvalue weighted by Gasteiger charge is 2.42. The van der Waals surface area contributed by atoms with Gasteiger partial charge in [0.05, 0.1) is 6.10 Å². The van der Waals surface area contributed by atoms with Crippen molar-refractivity contribution in [3.63, 3.8) is 0 Å². The first-order chi connectivity index (χ1) is 5.68. The fourth-order valence-corrected chi connectivity index (χ4v) is 2.76. The van der Waals surface area contributed by atoms with Crippen LogP contribution in [0.5, 0.6) is 0 Å². The van der Waals surface area contributed by atoms with Crippen molar-refractivity contribution in [2.75, 3.05) is 0 Å². The molecule has 2 bridgehead atoms. The number of hydrogen-bond donors (Lipinski definition) is 1. The van der Waals surface area contributed by atoms with Crippen LogP contribution in [0, 0.1) is 17.8 Å². The summed E-state index contributed by atoms with van der Waals surface area (Å²) in [6.07, 6.45) is 3.89. The maximum atomic E-state index is 11.7. The van der Waals surface area contributed by atoms with Crippen molar-refractivity contribution in [2.45, 2.75) is 38.7 Å². The van der Waals surface area contributed by atoms with E-state index in [2.05, 4.69) is 0 Å². The predicted octanol–water partition coefficient (Wildman–Crippen LogP) is 1.37. The van der Waals surface area contributed by atoms with Gasteiger partial charge in [0.1, 0.15) is 5.78 Å². The van der Waals surface area contributed by atoms with Gasteiger partial charge in [0.15, 0.2) is 0 Å². The summed E-state index contributed by atoms with van der Waals surface area (Å²) >= 11 is 0. The van der Waals surface area contributed by atoms with E-state index < -0.39 is 6.10 Å². The van der Waals surface area contributed by atoms with Crippen molar-refractivity contribution in [3.8, 4) is 0 Å². The summed E-state index contributed by atoms with van der Waals surface area (Å²) in [6.45, 7) is 1.74. The quantitative estimate of drug-likeness (QED) is 0.642. The van der Waals surface area contributed by atoms with Gasteiger partial charge in [-0.15, -0.1) is 0 Å². The molecule has 2 saturated carbocycles. The van der Waals surface area contributed by atoms with Crippen molar-refractivity contribution < 1.29 is 9.90 Å². The number of Topliss-reactive ketones (excluding diaryl/α,β-unsaturated/α-hetero) is 1. The van der Waals surface area contributed by atoms with Gasteiger partial charge in [-0.05, 0) is 38.5 Å². The van der Waals surface area contributed by atoms with Gasteiger partial charge in [-0.1, -0.05) is 0 Å². The smallest absolute Gasteiger partial charge is 0.141 e. The number of fused-ring (bicyclic) bond motifs is 2. The first-order valence-corrected chi connectivity index (χ1v) is 4.90. The van der Waals surface area contributed by atoms with Crippen molar-refractivity contribution in [2.24, 2.45) is 17.8 Å². The molecule has 2 rings (SSSR count). The summed E-state index contributed by atoms with van der Waals surface area (Å²) in [5, 5.41) is 9.39. The fraction of sp³-hybridized carbons (Fsp3) is 0.900. The van der Waals surface area contributed by atoms with Crippen LogP contribution < -0.4 is 0 Å². The molecule has 12 heavy (non-hydrogen) atoms. The molecular formula is C10H16O2. The molecule has 2 fully saturated rings. The van der Waals surface area contributed by atoms with E-state index in [9.17, 15) is 9.90 Å². The van der Waals surface area contributed by atoms with Crippen molar-refractivity contribution in [1.82, 2.24) is 0 Å². The minimum absolute atomic E-state index is 0.0451. The summed E-state index contributed by atoms with van der Waals surface area (Å²) in [7, 11) is 0. The van der Waals surface area contributed by atoms with Crippen LogP contribution in [0.25, 0.3) is 0 Å². The zero-order chi connectivity index (χ0) is 8.72. The first kappa shape index (κ1) is 8.24. The summed E-state index contributed by atoms with van der Waals surface area (Å²) in [5.74, 6) is 1.31. The second-order valence-electron chi connectivity index (χ2n) is 4.36. The lowest BCUT2D eigenvalue weighted by atomic mass is 9.77. The number of rotatable bonds is 1. The Kier molecular flexibility index (Phi) is 1.95. The van der Waals surface area contributed by atoms with Gasteiger partial charge in [0.2, 0.25) is 0 Å². The van der Waals surface area contributed by atoms with Gasteiger partial charge in [-0.2, -0.15) is 0 Å². The molecule has 2 heteroatoms. The van der Waals surface area contributed by atoms with E-state index in [1.165, 1.54) is 6.42 Å². The number of carbonyl (C=O) groups is 1. The molecule has 0 aliphatic heterocycles. The molecule has 0 saturated heterocycles. The summed E-state index contributed by atoms with van der Waals surface area (Å²) in [4.78, 5) is 11.7. The molecule has 0 spiro atoms. The Morgan fingerprint density at radius 2 is 2.17 bits per heavy atom. The topological polar surface area (TPSA) is 37.3 Å². The summed E-state index contributed by atoms with van der Waals surface area (Å²) in [5.41, 5.74) is 0. The predicted molar refractivity (Wildman–Crippen MR) is 45.6 cm³/mol. The van der Waals surface area contributed by atoms with Crippen molar-refractivity contribution in [1.29, 1.82) is 0 Å². The van der Waals surface area contributed by atoms with Crippen LogP contribution in [-0.2, 0) is 4.79 Å². The molecule has 0 aromatic rings. The van der Waals surface area contributed by atoms with Crippen LogP contribution in [0.3, 0.4) is 0 Å². The third-order valence-electron chi connectivity index (χ3n) is 3.48. The maximum Gasteiger partial charge on any atom is 0.141 e. The number of carbonyl (C=O) groups excluding carboxylic acids is 1. The minimum atomic E-state index is -0.430. The molecule has 2 nitrogen and oxygen atoms in total. The molecule has 0 amide bonds. The van der Waals surface area contributed by atoms with Crippen molar-refractivity contribution in [3.05, 3.63) is 0 Å². The number of ketones is 1. The molecule has 1 N–H and O–H groups in total. The summed E-state index contributed by atoms with van der Waals surface area (Å²) in [6, 6.07) is 0. The fourth-order valence-electron chi connectivity index (χ4n) is 2.76. The van der Waals surface area contributed by atoms with Crippen LogP contribution in [0.1, 0.15) is 32.6 Å². The molecule has 2 aliphatic rings. The molecule has 4 atom stereocenters. The van der Waals surface area contributed by atoms with E-state index in [4.69, 9.17) is 0 Å². The zero-order valence-corrected chi connectivity index (χ0v) is 7.49. The molecule has 0 aromatic carbocycles. The Morgan fingerprint density at radius 1 is 1.42 bits per heavy atom. The van der Waals surface area contributed by atoms with Gasteiger partial charge in [-0.3, -0.25) is 4.79 Å². The lowest BCUT2D eigenvalue weighted by Gasteiger charge is -2.28. The van der Waals surface area contributed by atoms with E-state index in [1.807, 2.05) is 0 Å². The number of aliphatic hydroxyl groups is 1. The molecule has 68 valence electrons. The van der Waals surface area contributed by atoms with Crippen LogP contribution in [0.2, 0.25) is 0 Å². The zero-order valence-electron chi connectivity index (χ0n) is 7.49. The summed E-state index contributed by atoms with van der Waals surface area (Å²) < 4.78 is 0. The SMILES string of the molecule is CC(O)C1CC2CCC(C2)C1=O. The Labute approximate surface area is 73.0 Å². The second-order valence-corrected chi connectivity index (χ2v) is 4.36. The highest BCUT2D eigenvalue weighted by Crippen LogP contribution is 2.43. The van der Waals surface area contributed by atoms with E-state index in [1.54, 1.807) is 6.92 Å². The Morgan fingerprint density at radius 3 is 2.83 bits per heavy atom. The highest BCUT2D eigenvalue weighted by atomic mass is 16.3.